The third-order valence-electron chi connectivity index (χ3n) is 3.06. The Balaban J connectivity index is 3.14. The quantitative estimate of drug-likeness (QED) is 0.782. The van der Waals surface area contributed by atoms with Gasteiger partial charge in [-0.25, -0.2) is 0 Å². The predicted octanol–water partition coefficient (Wildman–Crippen LogP) is 4.35. The molecular weight excluding hydrogens is 256 g/mol. The molecule has 0 radical (unpaired) electrons. The van der Waals surface area contributed by atoms with Gasteiger partial charge in [-0.2, -0.15) is 0 Å². The SMILES string of the molecule is CCOCc1cc(C(C)(C)C)cc(COCC)c1S. The van der Waals surface area contributed by atoms with Gasteiger partial charge in [-0.15, -0.1) is 12.6 Å². The van der Waals surface area contributed by atoms with E-state index in [2.05, 4.69) is 45.5 Å². The summed E-state index contributed by atoms with van der Waals surface area (Å²) in [7, 11) is 0. The van der Waals surface area contributed by atoms with E-state index in [4.69, 9.17) is 9.47 Å². The predicted molar refractivity (Wildman–Crippen MR) is 83.1 cm³/mol. The standard InChI is InChI=1S/C16H26O2S/c1-6-17-10-12-8-14(16(3,4)5)9-13(15(12)19)11-18-7-2/h8-9,19H,6-7,10-11H2,1-5H3. The van der Waals surface area contributed by atoms with Crippen LogP contribution in [0.1, 0.15) is 51.3 Å². The summed E-state index contributed by atoms with van der Waals surface area (Å²) >= 11 is 4.64. The highest BCUT2D eigenvalue weighted by atomic mass is 32.1. The fraction of sp³-hybridized carbons (Fsp3) is 0.625. The molecule has 3 heteroatoms. The van der Waals surface area contributed by atoms with Crippen LogP contribution in [0, 0.1) is 0 Å². The van der Waals surface area contributed by atoms with Crippen molar-refractivity contribution in [1.29, 1.82) is 0 Å². The van der Waals surface area contributed by atoms with Crippen molar-refractivity contribution in [2.45, 2.75) is 58.1 Å². The minimum absolute atomic E-state index is 0.114. The zero-order valence-corrected chi connectivity index (χ0v) is 13.6. The molecule has 0 atom stereocenters. The van der Waals surface area contributed by atoms with Crippen molar-refractivity contribution < 1.29 is 9.47 Å². The first-order valence-corrected chi connectivity index (χ1v) is 7.35. The molecule has 0 spiro atoms. The van der Waals surface area contributed by atoms with Crippen LogP contribution in [-0.4, -0.2) is 13.2 Å². The van der Waals surface area contributed by atoms with E-state index in [1.54, 1.807) is 0 Å². The van der Waals surface area contributed by atoms with Crippen molar-refractivity contribution in [3.8, 4) is 0 Å². The van der Waals surface area contributed by atoms with Crippen LogP contribution in [0.15, 0.2) is 17.0 Å². The third-order valence-corrected chi connectivity index (χ3v) is 3.63. The number of benzene rings is 1. The lowest BCUT2D eigenvalue weighted by atomic mass is 9.85. The second kappa shape index (κ2) is 7.32. The van der Waals surface area contributed by atoms with Crippen LogP contribution in [0.2, 0.25) is 0 Å². The van der Waals surface area contributed by atoms with Crippen molar-refractivity contribution in [2.75, 3.05) is 13.2 Å². The number of rotatable bonds is 6. The average Bonchev–Trinajstić information content (AvgIpc) is 2.34. The Labute approximate surface area is 122 Å². The van der Waals surface area contributed by atoms with Gasteiger partial charge in [0.05, 0.1) is 13.2 Å². The Morgan fingerprint density at radius 3 is 1.68 bits per heavy atom. The largest absolute Gasteiger partial charge is 0.377 e. The van der Waals surface area contributed by atoms with Crippen molar-refractivity contribution >= 4 is 12.6 Å². The Morgan fingerprint density at radius 2 is 1.37 bits per heavy atom. The molecule has 1 aromatic carbocycles. The fourth-order valence-corrected chi connectivity index (χ4v) is 2.10. The molecule has 0 aliphatic heterocycles. The molecule has 1 rings (SSSR count). The minimum atomic E-state index is 0.114. The summed E-state index contributed by atoms with van der Waals surface area (Å²) in [6, 6.07) is 4.40. The zero-order chi connectivity index (χ0) is 14.5. The first-order valence-electron chi connectivity index (χ1n) is 6.90. The minimum Gasteiger partial charge on any atom is -0.377 e. The molecule has 0 aliphatic carbocycles. The Kier molecular flexibility index (Phi) is 6.37. The van der Waals surface area contributed by atoms with Gasteiger partial charge in [-0.3, -0.25) is 0 Å². The molecule has 0 N–H and O–H groups in total. The molecule has 0 saturated heterocycles. The highest BCUT2D eigenvalue weighted by Crippen LogP contribution is 2.30. The van der Waals surface area contributed by atoms with Gasteiger partial charge in [0.2, 0.25) is 0 Å². The van der Waals surface area contributed by atoms with Crippen LogP contribution in [0.4, 0.5) is 0 Å². The van der Waals surface area contributed by atoms with E-state index in [9.17, 15) is 0 Å². The highest BCUT2D eigenvalue weighted by molar-refractivity contribution is 7.80. The molecule has 0 unspecified atom stereocenters. The van der Waals surface area contributed by atoms with Gasteiger partial charge in [0.25, 0.3) is 0 Å². The summed E-state index contributed by atoms with van der Waals surface area (Å²) in [5.41, 5.74) is 3.71. The number of hydrogen-bond acceptors (Lipinski definition) is 3. The summed E-state index contributed by atoms with van der Waals surface area (Å²) in [6.45, 7) is 13.3. The Morgan fingerprint density at radius 1 is 0.947 bits per heavy atom. The molecule has 0 heterocycles. The fourth-order valence-electron chi connectivity index (χ4n) is 1.84. The molecule has 0 aromatic heterocycles. The number of thiol groups is 1. The van der Waals surface area contributed by atoms with Crippen molar-refractivity contribution in [2.24, 2.45) is 0 Å². The first-order chi connectivity index (χ1) is 8.90. The summed E-state index contributed by atoms with van der Waals surface area (Å²) in [5, 5.41) is 0. The van der Waals surface area contributed by atoms with Crippen molar-refractivity contribution in [1.82, 2.24) is 0 Å². The van der Waals surface area contributed by atoms with E-state index in [1.807, 2.05) is 13.8 Å². The molecule has 19 heavy (non-hydrogen) atoms. The van der Waals surface area contributed by atoms with Crippen LogP contribution in [-0.2, 0) is 28.1 Å². The molecular formula is C16H26O2S. The molecule has 0 saturated carbocycles. The van der Waals surface area contributed by atoms with E-state index in [-0.39, 0.29) is 5.41 Å². The smallest absolute Gasteiger partial charge is 0.0727 e. The van der Waals surface area contributed by atoms with Crippen LogP contribution in [0.25, 0.3) is 0 Å². The lowest BCUT2D eigenvalue weighted by molar-refractivity contribution is 0.126. The second-order valence-corrected chi connectivity index (χ2v) is 6.11. The van der Waals surface area contributed by atoms with Crippen LogP contribution >= 0.6 is 12.6 Å². The van der Waals surface area contributed by atoms with E-state index in [1.165, 1.54) is 5.56 Å². The first kappa shape index (κ1) is 16.5. The molecule has 1 aromatic rings. The van der Waals surface area contributed by atoms with Crippen molar-refractivity contribution in [3.05, 3.63) is 28.8 Å². The topological polar surface area (TPSA) is 18.5 Å². The maximum atomic E-state index is 5.54. The van der Waals surface area contributed by atoms with Gasteiger partial charge in [-0.1, -0.05) is 32.9 Å². The molecule has 108 valence electrons. The molecule has 0 aliphatic rings. The highest BCUT2D eigenvalue weighted by Gasteiger charge is 2.17. The Bertz CT molecular complexity index is 379. The van der Waals surface area contributed by atoms with Gasteiger partial charge in [0.1, 0.15) is 0 Å². The number of hydrogen-bond donors (Lipinski definition) is 1. The lowest BCUT2D eigenvalue weighted by Gasteiger charge is -2.23. The monoisotopic (exact) mass is 282 g/mol. The van der Waals surface area contributed by atoms with E-state index >= 15 is 0 Å². The molecule has 0 fully saturated rings. The van der Waals surface area contributed by atoms with E-state index in [0.29, 0.717) is 26.4 Å². The summed E-state index contributed by atoms with van der Waals surface area (Å²) in [6.07, 6.45) is 0. The van der Waals surface area contributed by atoms with Crippen LogP contribution < -0.4 is 0 Å². The van der Waals surface area contributed by atoms with Crippen LogP contribution in [0.5, 0.6) is 0 Å². The van der Waals surface area contributed by atoms with E-state index < -0.39 is 0 Å². The van der Waals surface area contributed by atoms with Gasteiger partial charge < -0.3 is 9.47 Å². The van der Waals surface area contributed by atoms with Gasteiger partial charge in [0, 0.05) is 18.1 Å². The zero-order valence-electron chi connectivity index (χ0n) is 12.7. The molecule has 2 nitrogen and oxygen atoms in total. The van der Waals surface area contributed by atoms with Gasteiger partial charge in [-0.05, 0) is 36.0 Å². The summed E-state index contributed by atoms with van der Waals surface area (Å²) < 4.78 is 11.1. The Hall–Kier alpha value is -0.510. The maximum Gasteiger partial charge on any atom is 0.0727 e. The van der Waals surface area contributed by atoms with Crippen LogP contribution in [0.3, 0.4) is 0 Å². The second-order valence-electron chi connectivity index (χ2n) is 5.67. The summed E-state index contributed by atoms with van der Waals surface area (Å²) in [4.78, 5) is 0.995. The lowest BCUT2D eigenvalue weighted by Crippen LogP contribution is -2.13. The maximum absolute atomic E-state index is 5.54. The molecule has 0 amide bonds. The third kappa shape index (κ3) is 4.83. The van der Waals surface area contributed by atoms with Gasteiger partial charge in [0.15, 0.2) is 0 Å². The van der Waals surface area contributed by atoms with Crippen molar-refractivity contribution in [3.63, 3.8) is 0 Å². The van der Waals surface area contributed by atoms with Gasteiger partial charge >= 0.3 is 0 Å². The van der Waals surface area contributed by atoms with E-state index in [0.717, 1.165) is 16.0 Å². The number of ether oxygens (including phenoxy) is 2. The normalized spacial score (nSPS) is 11.9. The molecule has 0 bridgehead atoms. The summed E-state index contributed by atoms with van der Waals surface area (Å²) in [5.74, 6) is 0. The average molecular weight is 282 g/mol.